The summed E-state index contributed by atoms with van der Waals surface area (Å²) < 4.78 is 48.3. The highest BCUT2D eigenvalue weighted by molar-refractivity contribution is 6.31. The molecule has 0 N–H and O–H groups in total. The molecule has 0 atom stereocenters. The molecule has 0 aliphatic rings. The number of rotatable bonds is 5. The standard InChI is InChI=1S/C24H17ClF3N4O2/c1-12-9-30-18(16-4-5-29-14(3)23(16)28)8-20(12)32-13(2)6-21(22(25)24(32)33)34-11-19-17(27)7-15(26)10-31-19/h4-10H,3,11H2,1-2H3. The maximum Gasteiger partial charge on any atom is 0.277 e. The minimum Gasteiger partial charge on any atom is -0.485 e. The van der Waals surface area contributed by atoms with Crippen molar-refractivity contribution in [2.75, 3.05) is 0 Å². The summed E-state index contributed by atoms with van der Waals surface area (Å²) in [7, 11) is 0. The molecule has 4 aromatic heterocycles. The molecule has 0 spiro atoms. The van der Waals surface area contributed by atoms with Crippen LogP contribution in [-0.4, -0.2) is 19.5 Å². The monoisotopic (exact) mass is 485 g/mol. The van der Waals surface area contributed by atoms with E-state index in [4.69, 9.17) is 16.3 Å². The lowest BCUT2D eigenvalue weighted by Gasteiger charge is -2.17. The lowest BCUT2D eigenvalue weighted by Crippen LogP contribution is -2.23. The van der Waals surface area contributed by atoms with Gasteiger partial charge in [-0.25, -0.2) is 13.2 Å². The lowest BCUT2D eigenvalue weighted by molar-refractivity contribution is 0.292. The lowest BCUT2D eigenvalue weighted by atomic mass is 10.1. The van der Waals surface area contributed by atoms with Crippen LogP contribution in [0.2, 0.25) is 5.02 Å². The Morgan fingerprint density at radius 1 is 1.09 bits per heavy atom. The molecule has 0 saturated carbocycles. The van der Waals surface area contributed by atoms with Crippen LogP contribution in [0.25, 0.3) is 16.9 Å². The summed E-state index contributed by atoms with van der Waals surface area (Å²) in [5.74, 6) is -2.30. The normalized spacial score (nSPS) is 11.0. The van der Waals surface area contributed by atoms with E-state index < -0.39 is 23.0 Å². The van der Waals surface area contributed by atoms with Crippen LogP contribution < -0.4 is 10.3 Å². The minimum atomic E-state index is -0.880. The van der Waals surface area contributed by atoms with Gasteiger partial charge in [-0.3, -0.25) is 24.3 Å². The Bertz CT molecular complexity index is 1470. The third kappa shape index (κ3) is 4.38. The molecular weight excluding hydrogens is 469 g/mol. The molecule has 10 heteroatoms. The third-order valence-corrected chi connectivity index (χ3v) is 5.45. The van der Waals surface area contributed by atoms with E-state index in [2.05, 4.69) is 21.9 Å². The van der Waals surface area contributed by atoms with E-state index in [1.54, 1.807) is 19.9 Å². The van der Waals surface area contributed by atoms with Gasteiger partial charge in [0.15, 0.2) is 11.6 Å². The fourth-order valence-electron chi connectivity index (χ4n) is 3.37. The second-order valence-electron chi connectivity index (χ2n) is 7.45. The van der Waals surface area contributed by atoms with E-state index in [1.165, 1.54) is 29.1 Å². The Balaban J connectivity index is 1.74. The molecule has 0 aromatic carbocycles. The zero-order valence-electron chi connectivity index (χ0n) is 18.1. The van der Waals surface area contributed by atoms with Gasteiger partial charge in [0.2, 0.25) is 0 Å². The van der Waals surface area contributed by atoms with Crippen molar-refractivity contribution in [3.63, 3.8) is 0 Å². The summed E-state index contributed by atoms with van der Waals surface area (Å²) in [6.07, 6.45) is 3.79. The molecule has 0 unspecified atom stereocenters. The molecule has 6 nitrogen and oxygen atoms in total. The molecule has 173 valence electrons. The highest BCUT2D eigenvalue weighted by atomic mass is 35.5. The van der Waals surface area contributed by atoms with Gasteiger partial charge in [-0.15, -0.1) is 0 Å². The van der Waals surface area contributed by atoms with Crippen molar-refractivity contribution in [3.8, 4) is 22.7 Å². The number of aromatic nitrogens is 4. The topological polar surface area (TPSA) is 69.9 Å². The summed E-state index contributed by atoms with van der Waals surface area (Å²) in [6, 6.07) is 5.22. The van der Waals surface area contributed by atoms with Gasteiger partial charge in [0.1, 0.15) is 28.9 Å². The quantitative estimate of drug-likeness (QED) is 0.391. The summed E-state index contributed by atoms with van der Waals surface area (Å²) in [6.45, 7) is 6.60. The second kappa shape index (κ2) is 9.26. The van der Waals surface area contributed by atoms with E-state index in [9.17, 15) is 18.0 Å². The van der Waals surface area contributed by atoms with E-state index in [1.807, 2.05) is 0 Å². The summed E-state index contributed by atoms with van der Waals surface area (Å²) >= 11 is 6.28. The zero-order valence-corrected chi connectivity index (χ0v) is 18.8. The minimum absolute atomic E-state index is 0.0137. The van der Waals surface area contributed by atoms with Gasteiger partial charge < -0.3 is 4.74 Å². The fraction of sp³-hybridized carbons (Fsp3) is 0.125. The maximum absolute atomic E-state index is 14.5. The number of pyridine rings is 4. The average Bonchev–Trinajstić information content (AvgIpc) is 2.79. The van der Waals surface area contributed by atoms with Crippen molar-refractivity contribution in [3.05, 3.63) is 105 Å². The summed E-state index contributed by atoms with van der Waals surface area (Å²) in [4.78, 5) is 24.9. The van der Waals surface area contributed by atoms with Crippen LogP contribution >= 0.6 is 11.6 Å². The third-order valence-electron chi connectivity index (χ3n) is 5.10. The first-order valence-corrected chi connectivity index (χ1v) is 10.3. The van der Waals surface area contributed by atoms with Gasteiger partial charge in [-0.2, -0.15) is 0 Å². The van der Waals surface area contributed by atoms with E-state index in [0.29, 0.717) is 23.0 Å². The van der Waals surface area contributed by atoms with Gasteiger partial charge in [0.25, 0.3) is 5.56 Å². The number of aryl methyl sites for hydroxylation is 2. The fourth-order valence-corrected chi connectivity index (χ4v) is 3.56. The Morgan fingerprint density at radius 3 is 2.59 bits per heavy atom. The molecule has 4 heterocycles. The first-order valence-electron chi connectivity index (χ1n) is 9.96. The Kier molecular flexibility index (Phi) is 6.39. The molecule has 4 rings (SSSR count). The first-order chi connectivity index (χ1) is 16.2. The number of nitrogens with zero attached hydrogens (tertiary/aromatic N) is 4. The van der Waals surface area contributed by atoms with Crippen LogP contribution in [0.15, 0.2) is 47.7 Å². The van der Waals surface area contributed by atoms with Gasteiger partial charge in [0.05, 0.1) is 23.3 Å². The summed E-state index contributed by atoms with van der Waals surface area (Å²) in [5, 5.41) is -0.249. The number of ether oxygens (including phenoxy) is 1. The number of halogens is 4. The maximum atomic E-state index is 14.5. The van der Waals surface area contributed by atoms with E-state index in [-0.39, 0.29) is 40.0 Å². The van der Waals surface area contributed by atoms with Crippen molar-refractivity contribution in [2.45, 2.75) is 20.5 Å². The largest absolute Gasteiger partial charge is 0.485 e. The van der Waals surface area contributed by atoms with Crippen molar-refractivity contribution in [1.82, 2.24) is 19.5 Å². The molecule has 34 heavy (non-hydrogen) atoms. The van der Waals surface area contributed by atoms with Crippen LogP contribution in [0.4, 0.5) is 13.2 Å². The first kappa shape index (κ1) is 23.4. The van der Waals surface area contributed by atoms with Crippen LogP contribution in [-0.2, 0) is 6.61 Å². The van der Waals surface area contributed by atoms with Crippen LogP contribution in [0.1, 0.15) is 22.6 Å². The molecule has 0 fully saturated rings. The second-order valence-corrected chi connectivity index (χ2v) is 7.83. The number of hydrogen-bond acceptors (Lipinski definition) is 5. The number of hydrogen-bond donors (Lipinski definition) is 0. The highest BCUT2D eigenvalue weighted by Gasteiger charge is 2.18. The van der Waals surface area contributed by atoms with Gasteiger partial charge in [-0.1, -0.05) is 11.6 Å². The SMILES string of the molecule is [CH2]c1nccc(-c2cc(-n3c(C)cc(OCc4ncc(F)cc4F)c(Cl)c3=O)c(C)cn2)c1F. The molecule has 0 bridgehead atoms. The van der Waals surface area contributed by atoms with E-state index >= 15 is 0 Å². The molecular formula is C24H17ClF3N4O2. The van der Waals surface area contributed by atoms with E-state index in [0.717, 1.165) is 6.20 Å². The van der Waals surface area contributed by atoms with Crippen molar-refractivity contribution >= 4 is 11.6 Å². The van der Waals surface area contributed by atoms with Gasteiger partial charge in [-0.05, 0) is 38.5 Å². The van der Waals surface area contributed by atoms with Crippen molar-refractivity contribution in [1.29, 1.82) is 0 Å². The molecule has 1 radical (unpaired) electrons. The van der Waals surface area contributed by atoms with Gasteiger partial charge >= 0.3 is 0 Å². The smallest absolute Gasteiger partial charge is 0.277 e. The van der Waals surface area contributed by atoms with Crippen LogP contribution in [0.3, 0.4) is 0 Å². The van der Waals surface area contributed by atoms with Crippen molar-refractivity contribution < 1.29 is 17.9 Å². The average molecular weight is 486 g/mol. The Hall–Kier alpha value is -3.72. The molecule has 0 aliphatic heterocycles. The summed E-state index contributed by atoms with van der Waals surface area (Å²) in [5.41, 5.74) is 1.24. The Labute approximate surface area is 197 Å². The van der Waals surface area contributed by atoms with Crippen molar-refractivity contribution in [2.24, 2.45) is 0 Å². The zero-order chi connectivity index (χ0) is 24.6. The predicted molar refractivity (Wildman–Crippen MR) is 120 cm³/mol. The Morgan fingerprint density at radius 2 is 1.85 bits per heavy atom. The van der Waals surface area contributed by atoms with Gasteiger partial charge in [0, 0.05) is 35.8 Å². The molecule has 0 aliphatic carbocycles. The van der Waals surface area contributed by atoms with Crippen LogP contribution in [0, 0.1) is 38.2 Å². The molecule has 0 saturated heterocycles. The highest BCUT2D eigenvalue weighted by Crippen LogP contribution is 2.28. The molecule has 0 amide bonds. The molecule has 4 aromatic rings. The van der Waals surface area contributed by atoms with Crippen LogP contribution in [0.5, 0.6) is 5.75 Å². The predicted octanol–water partition coefficient (Wildman–Crippen LogP) is 5.14.